The molecule has 0 unspecified atom stereocenters. The number of aryl methyl sites for hydroxylation is 1. The van der Waals surface area contributed by atoms with Crippen molar-refractivity contribution in [3.63, 3.8) is 0 Å². The van der Waals surface area contributed by atoms with Crippen LogP contribution in [-0.4, -0.2) is 65.3 Å². The molecule has 0 atom stereocenters. The third-order valence-electron chi connectivity index (χ3n) is 8.70. The van der Waals surface area contributed by atoms with Crippen molar-refractivity contribution in [3.8, 4) is 16.9 Å². The minimum atomic E-state index is -4.72. The Bertz CT molecular complexity index is 1320. The lowest BCUT2D eigenvalue weighted by molar-refractivity contribution is -0.274. The number of ether oxygens (including phenoxy) is 1. The second-order valence-electron chi connectivity index (χ2n) is 11.8. The van der Waals surface area contributed by atoms with Gasteiger partial charge in [0, 0.05) is 68.4 Å². The van der Waals surface area contributed by atoms with Crippen LogP contribution in [0.2, 0.25) is 0 Å². The molecule has 1 saturated heterocycles. The number of aromatic nitrogens is 1. The van der Waals surface area contributed by atoms with Crippen LogP contribution in [0.25, 0.3) is 22.0 Å². The summed E-state index contributed by atoms with van der Waals surface area (Å²) in [4.78, 5) is 17.6. The fourth-order valence-electron chi connectivity index (χ4n) is 6.24. The van der Waals surface area contributed by atoms with E-state index in [2.05, 4.69) is 50.5 Å². The van der Waals surface area contributed by atoms with Crippen molar-refractivity contribution < 1.29 is 22.7 Å². The molecule has 0 bridgehead atoms. The Hall–Kier alpha value is -2.88. The number of fused-ring (bicyclic) bond motifs is 1. The highest BCUT2D eigenvalue weighted by molar-refractivity contribution is 5.96. The Labute approximate surface area is 240 Å². The number of unbranched alkanes of at least 4 members (excludes halogenated alkanes) is 1. The van der Waals surface area contributed by atoms with Gasteiger partial charge in [-0.25, -0.2) is 0 Å². The molecule has 41 heavy (non-hydrogen) atoms. The number of alkyl halides is 3. The van der Waals surface area contributed by atoms with Gasteiger partial charge in [0.25, 0.3) is 0 Å². The molecular formula is C32H41F3N4O2. The summed E-state index contributed by atoms with van der Waals surface area (Å²) in [7, 11) is 2.14. The van der Waals surface area contributed by atoms with E-state index in [9.17, 15) is 18.0 Å². The quantitative estimate of drug-likeness (QED) is 0.288. The maximum Gasteiger partial charge on any atom is 0.573 e. The summed E-state index contributed by atoms with van der Waals surface area (Å²) in [5.41, 5.74) is 9.88. The van der Waals surface area contributed by atoms with Crippen LogP contribution in [0.4, 0.5) is 13.2 Å². The molecule has 2 N–H and O–H groups in total. The van der Waals surface area contributed by atoms with E-state index in [1.807, 2.05) is 0 Å². The molecule has 0 radical (unpaired) electrons. The van der Waals surface area contributed by atoms with Gasteiger partial charge in [-0.3, -0.25) is 9.69 Å². The smallest absolute Gasteiger partial charge is 0.406 e. The van der Waals surface area contributed by atoms with Crippen LogP contribution in [0.5, 0.6) is 5.75 Å². The van der Waals surface area contributed by atoms with Gasteiger partial charge in [0.2, 0.25) is 0 Å². The standard InChI is InChI=1S/C32H41F3N4O2/c1-37-17-19-38(20-18-37)22-24-8-13-29-27(21-24)28(25-9-11-26(12-10-25)41-32(33,34)35)23-39(29)16-6-3-7-30(40)31(36)14-4-2-5-15-31/h8-13,21,23H,2-7,14-20,22,36H2,1H3. The number of piperazine rings is 1. The van der Waals surface area contributed by atoms with Crippen LogP contribution in [0.3, 0.4) is 0 Å². The zero-order valence-corrected chi connectivity index (χ0v) is 23.9. The van der Waals surface area contributed by atoms with Crippen molar-refractivity contribution in [2.24, 2.45) is 5.73 Å². The van der Waals surface area contributed by atoms with Gasteiger partial charge in [-0.1, -0.05) is 37.5 Å². The van der Waals surface area contributed by atoms with Crippen molar-refractivity contribution in [2.45, 2.75) is 76.4 Å². The van der Waals surface area contributed by atoms with E-state index in [1.54, 1.807) is 12.1 Å². The van der Waals surface area contributed by atoms with Crippen molar-refractivity contribution in [2.75, 3.05) is 33.2 Å². The van der Waals surface area contributed by atoms with E-state index in [4.69, 9.17) is 5.73 Å². The van der Waals surface area contributed by atoms with Gasteiger partial charge in [-0.15, -0.1) is 13.2 Å². The first-order valence-corrected chi connectivity index (χ1v) is 14.8. The molecule has 1 saturated carbocycles. The lowest BCUT2D eigenvalue weighted by Crippen LogP contribution is -2.49. The summed E-state index contributed by atoms with van der Waals surface area (Å²) in [6, 6.07) is 12.6. The Kier molecular flexibility index (Phi) is 9.06. The molecule has 9 heteroatoms. The van der Waals surface area contributed by atoms with Gasteiger partial charge in [0.15, 0.2) is 5.78 Å². The summed E-state index contributed by atoms with van der Waals surface area (Å²) in [6.07, 6.45) is 4.27. The lowest BCUT2D eigenvalue weighted by Gasteiger charge is -2.32. The Morgan fingerprint density at radius 2 is 1.68 bits per heavy atom. The van der Waals surface area contributed by atoms with E-state index in [-0.39, 0.29) is 11.5 Å². The molecular weight excluding hydrogens is 529 g/mol. The fourth-order valence-corrected chi connectivity index (χ4v) is 6.24. The van der Waals surface area contributed by atoms with Crippen LogP contribution in [0, 0.1) is 0 Å². The van der Waals surface area contributed by atoms with Gasteiger partial charge in [0.05, 0.1) is 5.54 Å². The zero-order chi connectivity index (χ0) is 29.0. The molecule has 1 aliphatic carbocycles. The van der Waals surface area contributed by atoms with Gasteiger partial charge in [-0.05, 0) is 68.1 Å². The number of Topliss-reactive ketones (excluding diaryl/α,β-unsaturated/α-hetero) is 1. The first kappa shape index (κ1) is 29.6. The zero-order valence-electron chi connectivity index (χ0n) is 23.9. The summed E-state index contributed by atoms with van der Waals surface area (Å²) in [6.45, 7) is 5.73. The molecule has 3 aromatic rings. The summed E-state index contributed by atoms with van der Waals surface area (Å²) in [5, 5.41) is 1.07. The predicted molar refractivity (Wildman–Crippen MR) is 156 cm³/mol. The molecule has 2 aliphatic rings. The Balaban J connectivity index is 1.34. The molecule has 1 aliphatic heterocycles. The van der Waals surface area contributed by atoms with Crippen LogP contribution in [-0.2, 0) is 17.9 Å². The molecule has 6 nitrogen and oxygen atoms in total. The minimum Gasteiger partial charge on any atom is -0.406 e. The van der Waals surface area contributed by atoms with E-state index in [0.29, 0.717) is 6.42 Å². The van der Waals surface area contributed by atoms with Crippen LogP contribution in [0.15, 0.2) is 48.7 Å². The second-order valence-corrected chi connectivity index (χ2v) is 11.8. The maximum absolute atomic E-state index is 12.8. The van der Waals surface area contributed by atoms with Crippen molar-refractivity contribution >= 4 is 16.7 Å². The highest BCUT2D eigenvalue weighted by Gasteiger charge is 2.34. The van der Waals surface area contributed by atoms with Crippen LogP contribution in [0.1, 0.15) is 56.9 Å². The van der Waals surface area contributed by atoms with Crippen molar-refractivity contribution in [3.05, 3.63) is 54.2 Å². The molecule has 0 spiro atoms. The van der Waals surface area contributed by atoms with Gasteiger partial charge in [-0.2, -0.15) is 0 Å². The molecule has 2 aromatic carbocycles. The first-order valence-electron chi connectivity index (χ1n) is 14.8. The SMILES string of the molecule is CN1CCN(Cc2ccc3c(c2)c(-c2ccc(OC(F)(F)F)cc2)cn3CCCCC(=O)C2(N)CCCCC2)CC1. The monoisotopic (exact) mass is 570 g/mol. The number of ketones is 1. The molecule has 2 heterocycles. The van der Waals surface area contributed by atoms with Crippen LogP contribution < -0.4 is 10.5 Å². The summed E-state index contributed by atoms with van der Waals surface area (Å²) in [5.74, 6) is -0.0500. The van der Waals surface area contributed by atoms with Crippen LogP contribution >= 0.6 is 0 Å². The molecule has 5 rings (SSSR count). The molecule has 222 valence electrons. The topological polar surface area (TPSA) is 63.7 Å². The third-order valence-corrected chi connectivity index (χ3v) is 8.70. The number of hydrogen-bond donors (Lipinski definition) is 1. The largest absolute Gasteiger partial charge is 0.573 e. The van der Waals surface area contributed by atoms with E-state index >= 15 is 0 Å². The minimum absolute atomic E-state index is 0.185. The van der Waals surface area contributed by atoms with Gasteiger partial charge < -0.3 is 19.9 Å². The van der Waals surface area contributed by atoms with Crippen molar-refractivity contribution in [1.29, 1.82) is 0 Å². The number of rotatable bonds is 10. The number of benzene rings is 2. The highest BCUT2D eigenvalue weighted by atomic mass is 19.4. The Morgan fingerprint density at radius 3 is 2.37 bits per heavy atom. The first-order chi connectivity index (χ1) is 19.6. The lowest BCUT2D eigenvalue weighted by atomic mass is 9.78. The number of nitrogens with zero attached hydrogens (tertiary/aromatic N) is 3. The van der Waals surface area contributed by atoms with Crippen molar-refractivity contribution in [1.82, 2.24) is 14.4 Å². The third kappa shape index (κ3) is 7.50. The van der Waals surface area contributed by atoms with Gasteiger partial charge in [0.1, 0.15) is 5.75 Å². The van der Waals surface area contributed by atoms with Gasteiger partial charge >= 0.3 is 6.36 Å². The number of carbonyl (C=O) groups excluding carboxylic acids is 1. The average molecular weight is 571 g/mol. The number of carbonyl (C=O) groups is 1. The molecule has 2 fully saturated rings. The number of halogens is 3. The predicted octanol–water partition coefficient (Wildman–Crippen LogP) is 6.36. The number of likely N-dealkylation sites (N-methyl/N-ethyl adjacent to an activating group) is 1. The normalized spacial score (nSPS) is 18.6. The number of hydrogen-bond acceptors (Lipinski definition) is 5. The second kappa shape index (κ2) is 12.5. The van der Waals surface area contributed by atoms with E-state index < -0.39 is 11.9 Å². The maximum atomic E-state index is 12.8. The Morgan fingerprint density at radius 1 is 0.976 bits per heavy atom. The van der Waals surface area contributed by atoms with E-state index in [0.717, 1.165) is 106 Å². The summed E-state index contributed by atoms with van der Waals surface area (Å²) >= 11 is 0. The fraction of sp³-hybridized carbons (Fsp3) is 0.531. The molecule has 1 aromatic heterocycles. The summed E-state index contributed by atoms with van der Waals surface area (Å²) < 4.78 is 44.4. The van der Waals surface area contributed by atoms with E-state index in [1.165, 1.54) is 17.7 Å². The average Bonchev–Trinajstić information content (AvgIpc) is 3.30. The highest BCUT2D eigenvalue weighted by Crippen LogP contribution is 2.34. The molecule has 0 amide bonds. The number of nitrogens with two attached hydrogens (primary N) is 1.